The van der Waals surface area contributed by atoms with Gasteiger partial charge in [0.05, 0.1) is 36.1 Å². The highest BCUT2D eigenvalue weighted by molar-refractivity contribution is 9.10. The molecule has 0 radical (unpaired) electrons. The summed E-state index contributed by atoms with van der Waals surface area (Å²) in [6.07, 6.45) is 2.08. The second-order valence-corrected chi connectivity index (χ2v) is 13.7. The minimum Gasteiger partial charge on any atom is -0.379 e. The number of anilines is 2. The summed E-state index contributed by atoms with van der Waals surface area (Å²) in [7, 11) is -0.401. The van der Waals surface area contributed by atoms with E-state index in [1.807, 2.05) is 6.07 Å². The van der Waals surface area contributed by atoms with Crippen molar-refractivity contribution >= 4 is 46.6 Å². The quantitative estimate of drug-likeness (QED) is 0.302. The Morgan fingerprint density at radius 2 is 1.59 bits per heavy atom. The lowest BCUT2D eigenvalue weighted by molar-refractivity contribution is 0.0743. The molecule has 6 rings (SSSR count). The standard InChI is InChI=1S/C29H31BrN5OP/c1-29(2)25-11-7-8-12-26(25)33(3)28(29)27-21-31-35(24-9-5-4-6-10-24)37(27,34-17-19-36-20-18-34)32-23-15-13-22(30)14-16-23/h4-16,21H,17-20H2,1-3H3/b28-27+/t37-/m1/s1. The van der Waals surface area contributed by atoms with E-state index in [0.29, 0.717) is 13.2 Å². The lowest BCUT2D eigenvalue weighted by Crippen LogP contribution is -2.38. The van der Waals surface area contributed by atoms with Gasteiger partial charge in [0.2, 0.25) is 0 Å². The monoisotopic (exact) mass is 575 g/mol. The molecule has 190 valence electrons. The van der Waals surface area contributed by atoms with Gasteiger partial charge in [-0.25, -0.2) is 14.2 Å². The molecule has 0 amide bonds. The molecule has 0 unspecified atom stereocenters. The number of morpholine rings is 1. The zero-order valence-corrected chi connectivity index (χ0v) is 23.9. The summed E-state index contributed by atoms with van der Waals surface area (Å²) in [4.78, 5) is 2.36. The van der Waals surface area contributed by atoms with E-state index in [1.165, 1.54) is 22.3 Å². The second kappa shape index (κ2) is 9.55. The van der Waals surface area contributed by atoms with E-state index in [0.717, 1.165) is 28.9 Å². The normalized spacial score (nSPS) is 25.0. The molecular weight excluding hydrogens is 545 g/mol. The first-order valence-corrected chi connectivity index (χ1v) is 15.1. The van der Waals surface area contributed by atoms with Gasteiger partial charge in [-0.1, -0.05) is 66.2 Å². The fraction of sp³-hybridized carbons (Fsp3) is 0.276. The van der Waals surface area contributed by atoms with Crippen molar-refractivity contribution in [2.24, 2.45) is 9.85 Å². The van der Waals surface area contributed by atoms with Crippen LogP contribution < -0.4 is 9.68 Å². The van der Waals surface area contributed by atoms with Crippen molar-refractivity contribution in [1.29, 1.82) is 0 Å². The molecule has 0 saturated carbocycles. The first-order valence-electron chi connectivity index (χ1n) is 12.6. The van der Waals surface area contributed by atoms with Crippen molar-refractivity contribution in [3.8, 4) is 0 Å². The van der Waals surface area contributed by atoms with Gasteiger partial charge in [0.25, 0.3) is 0 Å². The van der Waals surface area contributed by atoms with Gasteiger partial charge >= 0.3 is 0 Å². The molecule has 0 N–H and O–H groups in total. The molecule has 37 heavy (non-hydrogen) atoms. The van der Waals surface area contributed by atoms with Crippen LogP contribution in [0.5, 0.6) is 0 Å². The number of nitrogens with zero attached hydrogens (tertiary/aromatic N) is 5. The zero-order chi connectivity index (χ0) is 25.6. The number of halogens is 1. The topological polar surface area (TPSA) is 43.7 Å². The van der Waals surface area contributed by atoms with Gasteiger partial charge in [0.1, 0.15) is 0 Å². The molecule has 6 nitrogen and oxygen atoms in total. The number of hydrazone groups is 1. The van der Waals surface area contributed by atoms with Crippen LogP contribution in [0.4, 0.5) is 17.1 Å². The van der Waals surface area contributed by atoms with Crippen molar-refractivity contribution in [3.05, 3.63) is 99.9 Å². The predicted molar refractivity (Wildman–Crippen MR) is 158 cm³/mol. The predicted octanol–water partition coefficient (Wildman–Crippen LogP) is 7.59. The van der Waals surface area contributed by atoms with Gasteiger partial charge in [-0.2, -0.15) is 5.10 Å². The minimum atomic E-state index is -2.58. The second-order valence-electron chi connectivity index (χ2n) is 10.0. The van der Waals surface area contributed by atoms with Crippen LogP contribution in [0, 0.1) is 0 Å². The highest BCUT2D eigenvalue weighted by Crippen LogP contribution is 2.70. The number of benzene rings is 3. The van der Waals surface area contributed by atoms with E-state index in [1.54, 1.807) is 0 Å². The first-order chi connectivity index (χ1) is 17.9. The molecule has 3 heterocycles. The maximum Gasteiger partial charge on any atom is 0.180 e. The molecular formula is C29H31BrN5OP. The summed E-state index contributed by atoms with van der Waals surface area (Å²) < 4.78 is 17.3. The first kappa shape index (κ1) is 24.6. The van der Waals surface area contributed by atoms with Crippen molar-refractivity contribution in [2.45, 2.75) is 19.3 Å². The Hall–Kier alpha value is -2.70. The number of para-hydroxylation sites is 2. The lowest BCUT2D eigenvalue weighted by Gasteiger charge is -2.42. The van der Waals surface area contributed by atoms with Crippen molar-refractivity contribution in [2.75, 3.05) is 43.0 Å². The highest BCUT2D eigenvalue weighted by Gasteiger charge is 2.49. The maximum absolute atomic E-state index is 5.83. The number of hydrogen-bond donors (Lipinski definition) is 0. The summed E-state index contributed by atoms with van der Waals surface area (Å²) in [5.74, 6) is 0. The van der Waals surface area contributed by atoms with Crippen LogP contribution in [0.1, 0.15) is 19.4 Å². The molecule has 0 aromatic heterocycles. The fourth-order valence-corrected chi connectivity index (χ4v) is 9.82. The molecule has 1 saturated heterocycles. The average Bonchev–Trinajstić information content (AvgIpc) is 3.38. The van der Waals surface area contributed by atoms with Gasteiger partial charge in [-0.15, -0.1) is 0 Å². The number of allylic oxidation sites excluding steroid dienone is 2. The molecule has 1 atom stereocenters. The summed E-state index contributed by atoms with van der Waals surface area (Å²) in [5, 5.41) is 6.32. The van der Waals surface area contributed by atoms with Crippen LogP contribution in [0.2, 0.25) is 0 Å². The zero-order valence-electron chi connectivity index (χ0n) is 21.4. The van der Waals surface area contributed by atoms with E-state index in [4.69, 9.17) is 14.6 Å². The lowest BCUT2D eigenvalue weighted by atomic mass is 9.84. The van der Waals surface area contributed by atoms with Crippen LogP contribution in [-0.2, 0) is 10.2 Å². The number of ether oxygens (including phenoxy) is 1. The van der Waals surface area contributed by atoms with E-state index < -0.39 is 7.36 Å². The Morgan fingerprint density at radius 3 is 2.30 bits per heavy atom. The summed E-state index contributed by atoms with van der Waals surface area (Å²) in [5.41, 5.74) is 5.62. The molecule has 0 spiro atoms. The van der Waals surface area contributed by atoms with Gasteiger partial charge in [-0.05, 0) is 48.0 Å². The molecule has 3 aromatic carbocycles. The van der Waals surface area contributed by atoms with Gasteiger partial charge in [0.15, 0.2) is 7.36 Å². The van der Waals surface area contributed by atoms with Crippen molar-refractivity contribution < 1.29 is 4.74 Å². The molecule has 3 aromatic rings. The third-order valence-electron chi connectivity index (χ3n) is 7.44. The van der Waals surface area contributed by atoms with Crippen LogP contribution in [-0.4, -0.2) is 44.2 Å². The van der Waals surface area contributed by atoms with Crippen LogP contribution >= 0.6 is 23.3 Å². The van der Waals surface area contributed by atoms with E-state index in [9.17, 15) is 0 Å². The maximum atomic E-state index is 5.83. The highest BCUT2D eigenvalue weighted by atomic mass is 79.9. The van der Waals surface area contributed by atoms with Crippen molar-refractivity contribution in [1.82, 2.24) is 4.67 Å². The number of hydrogen-bond acceptors (Lipinski definition) is 4. The molecule has 0 aliphatic carbocycles. The molecule has 3 aliphatic heterocycles. The third-order valence-corrected chi connectivity index (χ3v) is 11.5. The molecule has 1 fully saturated rings. The Labute approximate surface area is 227 Å². The Kier molecular flexibility index (Phi) is 6.36. The van der Waals surface area contributed by atoms with Gasteiger partial charge in [-0.3, -0.25) is 0 Å². The summed E-state index contributed by atoms with van der Waals surface area (Å²) in [6, 6.07) is 27.5. The molecule has 0 bridgehead atoms. The Bertz CT molecular complexity index is 1430. The van der Waals surface area contributed by atoms with Crippen LogP contribution in [0.3, 0.4) is 0 Å². The van der Waals surface area contributed by atoms with E-state index in [-0.39, 0.29) is 5.41 Å². The van der Waals surface area contributed by atoms with E-state index in [2.05, 4.69) is 130 Å². The largest absolute Gasteiger partial charge is 0.379 e. The summed E-state index contributed by atoms with van der Waals surface area (Å²) in [6.45, 7) is 7.61. The fourth-order valence-electron chi connectivity index (χ4n) is 5.74. The van der Waals surface area contributed by atoms with Gasteiger partial charge in [0, 0.05) is 41.4 Å². The van der Waals surface area contributed by atoms with Crippen LogP contribution in [0.25, 0.3) is 0 Å². The number of likely N-dealkylation sites (N-methyl/N-ethyl adjacent to an activating group) is 1. The van der Waals surface area contributed by atoms with E-state index >= 15 is 0 Å². The van der Waals surface area contributed by atoms with Crippen molar-refractivity contribution in [3.63, 3.8) is 0 Å². The Balaban J connectivity index is 1.68. The average molecular weight is 576 g/mol. The minimum absolute atomic E-state index is 0.202. The smallest absolute Gasteiger partial charge is 0.180 e. The summed E-state index contributed by atoms with van der Waals surface area (Å²) >= 11 is 3.59. The molecule has 3 aliphatic rings. The Morgan fingerprint density at radius 1 is 0.919 bits per heavy atom. The SMILES string of the molecule is CN1/C(=C2\C=NN(c3ccccc3)[P@]2(=Nc2ccc(Br)cc2)N2CCOCC2)C(C)(C)c2ccccc21. The number of fused-ring (bicyclic) bond motifs is 1. The molecule has 8 heteroatoms. The third kappa shape index (κ3) is 4.00. The number of rotatable bonds is 3. The van der Waals surface area contributed by atoms with Crippen LogP contribution in [0.15, 0.2) is 104 Å². The van der Waals surface area contributed by atoms with Gasteiger partial charge < -0.3 is 9.64 Å².